The molecule has 19 heavy (non-hydrogen) atoms. The first-order valence-corrected chi connectivity index (χ1v) is 7.44. The molecule has 0 saturated carbocycles. The number of carbonyl (C=O) groups excluding carboxylic acids is 1. The van der Waals surface area contributed by atoms with Gasteiger partial charge in [-0.2, -0.15) is 0 Å². The van der Waals surface area contributed by atoms with Crippen LogP contribution < -0.4 is 10.6 Å². The van der Waals surface area contributed by atoms with Crippen molar-refractivity contribution in [2.45, 2.75) is 32.7 Å². The first-order valence-electron chi connectivity index (χ1n) is 6.56. The van der Waals surface area contributed by atoms with Crippen molar-refractivity contribution in [2.75, 3.05) is 11.9 Å². The fraction of sp³-hybridized carbons (Fsp3) is 0.429. The van der Waals surface area contributed by atoms with Crippen LogP contribution in [-0.2, 0) is 4.79 Å². The highest BCUT2D eigenvalue weighted by Gasteiger charge is 2.06. The van der Waals surface area contributed by atoms with Gasteiger partial charge in [0.25, 0.3) is 0 Å². The molecule has 102 valence electrons. The Morgan fingerprint density at radius 3 is 3.11 bits per heavy atom. The van der Waals surface area contributed by atoms with Gasteiger partial charge in [-0.05, 0) is 30.9 Å². The highest BCUT2D eigenvalue weighted by Crippen LogP contribution is 2.25. The highest BCUT2D eigenvalue weighted by atomic mass is 32.1. The average Bonchev–Trinajstić information content (AvgIpc) is 2.87. The van der Waals surface area contributed by atoms with Crippen molar-refractivity contribution in [1.82, 2.24) is 10.3 Å². The van der Waals surface area contributed by atoms with E-state index in [4.69, 9.17) is 0 Å². The first-order chi connectivity index (χ1) is 9.20. The minimum atomic E-state index is 0.0827. The van der Waals surface area contributed by atoms with Crippen LogP contribution in [0.3, 0.4) is 0 Å². The Morgan fingerprint density at radius 1 is 1.47 bits per heavy atom. The Labute approximate surface area is 117 Å². The Morgan fingerprint density at radius 2 is 2.32 bits per heavy atom. The van der Waals surface area contributed by atoms with Gasteiger partial charge in [0, 0.05) is 35.3 Å². The van der Waals surface area contributed by atoms with E-state index < -0.39 is 0 Å². The molecule has 1 atom stereocenters. The second-order valence-corrected chi connectivity index (χ2v) is 5.49. The van der Waals surface area contributed by atoms with Crippen molar-refractivity contribution >= 4 is 33.1 Å². The van der Waals surface area contributed by atoms with Gasteiger partial charge in [-0.3, -0.25) is 4.79 Å². The molecule has 5 heteroatoms. The Balaban J connectivity index is 1.86. The van der Waals surface area contributed by atoms with Crippen LogP contribution in [0.25, 0.3) is 10.1 Å². The number of anilines is 1. The summed E-state index contributed by atoms with van der Waals surface area (Å²) < 4.78 is 1.21. The fourth-order valence-electron chi connectivity index (χ4n) is 1.78. The van der Waals surface area contributed by atoms with Crippen LogP contribution in [0.2, 0.25) is 0 Å². The molecule has 4 nitrogen and oxygen atoms in total. The van der Waals surface area contributed by atoms with Crippen LogP contribution in [0.5, 0.6) is 0 Å². The van der Waals surface area contributed by atoms with E-state index in [1.807, 2.05) is 18.4 Å². The number of hydrogen-bond acceptors (Lipinski definition) is 4. The SMILES string of the molecule is CCC(C)NC(=O)CCNc1nccc2sccc12. The maximum atomic E-state index is 11.6. The third-order valence-corrected chi connectivity index (χ3v) is 3.93. The molecule has 0 aromatic carbocycles. The summed E-state index contributed by atoms with van der Waals surface area (Å²) in [5.41, 5.74) is 0. The van der Waals surface area contributed by atoms with Crippen LogP contribution in [0.15, 0.2) is 23.7 Å². The molecule has 1 unspecified atom stereocenters. The van der Waals surface area contributed by atoms with Crippen LogP contribution in [0, 0.1) is 0 Å². The lowest BCUT2D eigenvalue weighted by Gasteiger charge is -2.11. The van der Waals surface area contributed by atoms with Crippen LogP contribution in [0.4, 0.5) is 5.82 Å². The number of aromatic nitrogens is 1. The van der Waals surface area contributed by atoms with Gasteiger partial charge in [0.2, 0.25) is 5.91 Å². The quantitative estimate of drug-likeness (QED) is 0.853. The van der Waals surface area contributed by atoms with Gasteiger partial charge in [0.1, 0.15) is 5.82 Å². The molecule has 0 radical (unpaired) electrons. The van der Waals surface area contributed by atoms with E-state index in [0.717, 1.165) is 17.6 Å². The van der Waals surface area contributed by atoms with Crippen molar-refractivity contribution in [1.29, 1.82) is 0 Å². The predicted octanol–water partition coefficient (Wildman–Crippen LogP) is 3.01. The fourth-order valence-corrected chi connectivity index (χ4v) is 2.56. The van der Waals surface area contributed by atoms with Gasteiger partial charge in [0.05, 0.1) is 0 Å². The van der Waals surface area contributed by atoms with Gasteiger partial charge >= 0.3 is 0 Å². The topological polar surface area (TPSA) is 54.0 Å². The minimum absolute atomic E-state index is 0.0827. The lowest BCUT2D eigenvalue weighted by molar-refractivity contribution is -0.121. The Bertz CT molecular complexity index is 552. The number of pyridine rings is 1. The van der Waals surface area contributed by atoms with Crippen LogP contribution >= 0.6 is 11.3 Å². The van der Waals surface area contributed by atoms with Crippen LogP contribution in [-0.4, -0.2) is 23.5 Å². The zero-order valence-electron chi connectivity index (χ0n) is 11.3. The van der Waals surface area contributed by atoms with E-state index in [1.165, 1.54) is 4.70 Å². The highest BCUT2D eigenvalue weighted by molar-refractivity contribution is 7.17. The van der Waals surface area contributed by atoms with Gasteiger partial charge < -0.3 is 10.6 Å². The lowest BCUT2D eigenvalue weighted by atomic mass is 10.2. The normalized spacial score (nSPS) is 12.3. The lowest BCUT2D eigenvalue weighted by Crippen LogP contribution is -2.33. The molecule has 1 amide bonds. The number of amides is 1. The molecule has 0 aliphatic rings. The minimum Gasteiger partial charge on any atom is -0.369 e. The van der Waals surface area contributed by atoms with E-state index in [9.17, 15) is 4.79 Å². The molecular formula is C14H19N3OS. The zero-order valence-corrected chi connectivity index (χ0v) is 12.1. The average molecular weight is 277 g/mol. The third kappa shape index (κ3) is 3.67. The smallest absolute Gasteiger partial charge is 0.221 e. The summed E-state index contributed by atoms with van der Waals surface area (Å²) in [6.45, 7) is 4.67. The van der Waals surface area contributed by atoms with E-state index >= 15 is 0 Å². The number of carbonyl (C=O) groups is 1. The summed E-state index contributed by atoms with van der Waals surface area (Å²) in [4.78, 5) is 16.0. The summed E-state index contributed by atoms with van der Waals surface area (Å²) in [5.74, 6) is 0.939. The number of hydrogen-bond donors (Lipinski definition) is 2. The number of thiophene rings is 1. The summed E-state index contributed by atoms with van der Waals surface area (Å²) >= 11 is 1.69. The van der Waals surface area contributed by atoms with Gasteiger partial charge in [-0.1, -0.05) is 6.92 Å². The van der Waals surface area contributed by atoms with Crippen molar-refractivity contribution in [3.63, 3.8) is 0 Å². The maximum absolute atomic E-state index is 11.6. The van der Waals surface area contributed by atoms with E-state index in [-0.39, 0.29) is 11.9 Å². The molecular weight excluding hydrogens is 258 g/mol. The Hall–Kier alpha value is -1.62. The molecule has 2 aromatic heterocycles. The second-order valence-electron chi connectivity index (χ2n) is 4.55. The molecule has 0 fully saturated rings. The summed E-state index contributed by atoms with van der Waals surface area (Å²) in [6, 6.07) is 4.29. The van der Waals surface area contributed by atoms with Crippen molar-refractivity contribution < 1.29 is 4.79 Å². The number of nitrogens with zero attached hydrogens (tertiary/aromatic N) is 1. The molecule has 0 spiro atoms. The van der Waals surface area contributed by atoms with Crippen molar-refractivity contribution in [2.24, 2.45) is 0 Å². The molecule has 0 saturated heterocycles. The molecule has 0 aliphatic carbocycles. The van der Waals surface area contributed by atoms with E-state index in [0.29, 0.717) is 13.0 Å². The summed E-state index contributed by atoms with van der Waals surface area (Å²) in [5, 5.41) is 9.35. The van der Waals surface area contributed by atoms with E-state index in [2.05, 4.69) is 28.6 Å². The first kappa shape index (κ1) is 13.8. The molecule has 2 aromatic rings. The standard InChI is InChI=1S/C14H19N3OS/c1-3-10(2)17-13(18)5-8-16-14-11-6-9-19-12(11)4-7-15-14/h4,6-7,9-10H,3,5,8H2,1-2H3,(H,15,16)(H,17,18). The molecule has 0 bridgehead atoms. The molecule has 2 heterocycles. The van der Waals surface area contributed by atoms with Crippen LogP contribution in [0.1, 0.15) is 26.7 Å². The molecule has 2 N–H and O–H groups in total. The zero-order chi connectivity index (χ0) is 13.7. The van der Waals surface area contributed by atoms with Gasteiger partial charge in [-0.15, -0.1) is 11.3 Å². The van der Waals surface area contributed by atoms with Crippen molar-refractivity contribution in [3.8, 4) is 0 Å². The van der Waals surface area contributed by atoms with Gasteiger partial charge in [0.15, 0.2) is 0 Å². The predicted molar refractivity (Wildman–Crippen MR) is 80.6 cm³/mol. The molecule has 2 rings (SSSR count). The number of fused-ring (bicyclic) bond motifs is 1. The number of nitrogens with one attached hydrogen (secondary N) is 2. The monoisotopic (exact) mass is 277 g/mol. The molecule has 0 aliphatic heterocycles. The van der Waals surface area contributed by atoms with Gasteiger partial charge in [-0.25, -0.2) is 4.98 Å². The largest absolute Gasteiger partial charge is 0.369 e. The number of rotatable bonds is 6. The summed E-state index contributed by atoms with van der Waals surface area (Å²) in [7, 11) is 0. The third-order valence-electron chi connectivity index (χ3n) is 3.04. The second kappa shape index (κ2) is 6.52. The Kier molecular flexibility index (Phi) is 4.74. The summed E-state index contributed by atoms with van der Waals surface area (Å²) in [6.07, 6.45) is 3.21. The van der Waals surface area contributed by atoms with Crippen molar-refractivity contribution in [3.05, 3.63) is 23.7 Å². The van der Waals surface area contributed by atoms with E-state index in [1.54, 1.807) is 17.5 Å². The maximum Gasteiger partial charge on any atom is 0.221 e.